The van der Waals surface area contributed by atoms with E-state index in [1.807, 2.05) is 38.1 Å². The number of carbonyl (C=O) groups excluding carboxylic acids is 1. The van der Waals surface area contributed by atoms with E-state index in [9.17, 15) is 4.79 Å². The van der Waals surface area contributed by atoms with E-state index in [1.54, 1.807) is 12.1 Å². The van der Waals surface area contributed by atoms with Crippen molar-refractivity contribution in [1.29, 1.82) is 0 Å². The van der Waals surface area contributed by atoms with E-state index in [0.717, 1.165) is 12.0 Å². The Morgan fingerprint density at radius 1 is 1.00 bits per heavy atom. The van der Waals surface area contributed by atoms with Crippen LogP contribution in [-0.4, -0.2) is 27.4 Å². The molecule has 6 nitrogen and oxygen atoms in total. The lowest BCUT2D eigenvalue weighted by atomic mass is 10.0. The molecule has 2 aromatic rings. The van der Waals surface area contributed by atoms with Crippen LogP contribution < -0.4 is 24.8 Å². The van der Waals surface area contributed by atoms with Gasteiger partial charge < -0.3 is 24.8 Å². The smallest absolute Gasteiger partial charge is 0.319 e. The van der Waals surface area contributed by atoms with Gasteiger partial charge in [-0.2, -0.15) is 0 Å². The van der Waals surface area contributed by atoms with Crippen LogP contribution in [0.25, 0.3) is 0 Å². The number of hydrogen-bond acceptors (Lipinski definition) is 4. The van der Waals surface area contributed by atoms with Crippen LogP contribution >= 0.6 is 0 Å². The maximum absolute atomic E-state index is 12.4. The van der Waals surface area contributed by atoms with Gasteiger partial charge in [-0.25, -0.2) is 4.79 Å². The van der Waals surface area contributed by atoms with Gasteiger partial charge in [0.1, 0.15) is 0 Å². The van der Waals surface area contributed by atoms with Crippen LogP contribution in [0.5, 0.6) is 17.2 Å². The van der Waals surface area contributed by atoms with Gasteiger partial charge in [0, 0.05) is 12.1 Å². The number of ether oxygens (including phenoxy) is 3. The molecule has 140 valence electrons. The summed E-state index contributed by atoms with van der Waals surface area (Å²) >= 11 is 0. The molecule has 2 N–H and O–H groups in total. The topological polar surface area (TPSA) is 68.8 Å². The van der Waals surface area contributed by atoms with E-state index in [4.69, 9.17) is 14.2 Å². The summed E-state index contributed by atoms with van der Waals surface area (Å²) in [6, 6.07) is 11.1. The highest BCUT2D eigenvalue weighted by Gasteiger charge is 2.16. The number of methoxy groups -OCH3 is 3. The molecule has 2 rings (SSSR count). The van der Waals surface area contributed by atoms with E-state index >= 15 is 0 Å². The third-order valence-corrected chi connectivity index (χ3v) is 4.12. The zero-order valence-corrected chi connectivity index (χ0v) is 15.9. The molecule has 0 fully saturated rings. The number of nitrogens with one attached hydrogen (secondary N) is 2. The Morgan fingerprint density at radius 3 is 2.04 bits per heavy atom. The minimum Gasteiger partial charge on any atom is -0.493 e. The van der Waals surface area contributed by atoms with Gasteiger partial charge in [-0.15, -0.1) is 0 Å². The molecule has 1 atom stereocenters. The van der Waals surface area contributed by atoms with Gasteiger partial charge in [-0.05, 0) is 18.9 Å². The minimum atomic E-state index is -0.299. The molecule has 0 unspecified atom stereocenters. The molecular weight excluding hydrogens is 332 g/mol. The number of benzene rings is 2. The van der Waals surface area contributed by atoms with Gasteiger partial charge in [-0.3, -0.25) is 0 Å². The average molecular weight is 358 g/mol. The molecule has 0 aliphatic heterocycles. The summed E-state index contributed by atoms with van der Waals surface area (Å²) in [7, 11) is 4.60. The van der Waals surface area contributed by atoms with Crippen molar-refractivity contribution < 1.29 is 19.0 Å². The van der Waals surface area contributed by atoms with Crippen molar-refractivity contribution in [2.45, 2.75) is 26.3 Å². The second-order valence-corrected chi connectivity index (χ2v) is 5.88. The molecular formula is C20H26N2O4. The van der Waals surface area contributed by atoms with E-state index < -0.39 is 0 Å². The molecule has 2 amide bonds. The zero-order valence-electron chi connectivity index (χ0n) is 15.9. The van der Waals surface area contributed by atoms with Crippen molar-refractivity contribution in [2.24, 2.45) is 0 Å². The SMILES string of the molecule is CC[C@@H](NC(=O)Nc1cc(OC)c(OC)c(OC)c1)c1ccc(C)cc1. The van der Waals surface area contributed by atoms with Crippen LogP contribution in [0.4, 0.5) is 10.5 Å². The van der Waals surface area contributed by atoms with Crippen LogP contribution in [0, 0.1) is 6.92 Å². The highest BCUT2D eigenvalue weighted by molar-refractivity contribution is 5.90. The van der Waals surface area contributed by atoms with Crippen molar-refractivity contribution >= 4 is 11.7 Å². The summed E-state index contributed by atoms with van der Waals surface area (Å²) in [6.45, 7) is 4.07. The second kappa shape index (κ2) is 8.99. The Hall–Kier alpha value is -2.89. The average Bonchev–Trinajstić information content (AvgIpc) is 2.65. The van der Waals surface area contributed by atoms with Crippen LogP contribution in [0.15, 0.2) is 36.4 Å². The number of anilines is 1. The summed E-state index contributed by atoms with van der Waals surface area (Å²) in [4.78, 5) is 12.4. The maximum atomic E-state index is 12.4. The third kappa shape index (κ3) is 4.59. The molecule has 0 aliphatic carbocycles. The van der Waals surface area contributed by atoms with Gasteiger partial charge in [0.05, 0.1) is 33.1 Å². The zero-order chi connectivity index (χ0) is 19.1. The number of hydrogen-bond donors (Lipinski definition) is 2. The van der Waals surface area contributed by atoms with Gasteiger partial charge in [0.25, 0.3) is 0 Å². The first-order chi connectivity index (χ1) is 12.5. The lowest BCUT2D eigenvalue weighted by Gasteiger charge is -2.19. The molecule has 2 aromatic carbocycles. The Bertz CT molecular complexity index is 719. The van der Waals surface area contributed by atoms with E-state index in [2.05, 4.69) is 10.6 Å². The van der Waals surface area contributed by atoms with Gasteiger partial charge in [0.2, 0.25) is 5.75 Å². The lowest BCUT2D eigenvalue weighted by molar-refractivity contribution is 0.248. The standard InChI is InChI=1S/C20H26N2O4/c1-6-16(14-9-7-13(2)8-10-14)22-20(23)21-15-11-17(24-3)19(26-5)18(12-15)25-4/h7-12,16H,6H2,1-5H3,(H2,21,22,23)/t16-/m1/s1. The van der Waals surface area contributed by atoms with Crippen molar-refractivity contribution in [2.75, 3.05) is 26.6 Å². The van der Waals surface area contributed by atoms with Crippen molar-refractivity contribution in [1.82, 2.24) is 5.32 Å². The summed E-state index contributed by atoms with van der Waals surface area (Å²) in [5.41, 5.74) is 2.80. The predicted molar refractivity (Wildman–Crippen MR) is 102 cm³/mol. The van der Waals surface area contributed by atoms with Crippen LogP contribution in [0.3, 0.4) is 0 Å². The molecule has 0 aromatic heterocycles. The lowest BCUT2D eigenvalue weighted by Crippen LogP contribution is -2.32. The summed E-state index contributed by atoms with van der Waals surface area (Å²) in [5.74, 6) is 1.44. The molecule has 26 heavy (non-hydrogen) atoms. The Kier molecular flexibility index (Phi) is 6.72. The first kappa shape index (κ1) is 19.4. The van der Waals surface area contributed by atoms with Gasteiger partial charge >= 0.3 is 6.03 Å². The van der Waals surface area contributed by atoms with Crippen LogP contribution in [0.1, 0.15) is 30.5 Å². The number of rotatable bonds is 7. The monoisotopic (exact) mass is 358 g/mol. The predicted octanol–water partition coefficient (Wildman–Crippen LogP) is 4.29. The van der Waals surface area contributed by atoms with E-state index in [1.165, 1.54) is 26.9 Å². The number of amides is 2. The molecule has 0 heterocycles. The van der Waals surface area contributed by atoms with E-state index in [0.29, 0.717) is 22.9 Å². The third-order valence-electron chi connectivity index (χ3n) is 4.12. The van der Waals surface area contributed by atoms with Crippen LogP contribution in [0.2, 0.25) is 0 Å². The number of carbonyl (C=O) groups is 1. The molecule has 0 radical (unpaired) electrons. The fourth-order valence-electron chi connectivity index (χ4n) is 2.70. The molecule has 0 spiro atoms. The molecule has 0 saturated heterocycles. The Morgan fingerprint density at radius 2 is 1.58 bits per heavy atom. The fraction of sp³-hybridized carbons (Fsp3) is 0.350. The number of aryl methyl sites for hydroxylation is 1. The molecule has 0 aliphatic rings. The highest BCUT2D eigenvalue weighted by atomic mass is 16.5. The molecule has 6 heteroatoms. The maximum Gasteiger partial charge on any atom is 0.319 e. The fourth-order valence-corrected chi connectivity index (χ4v) is 2.70. The van der Waals surface area contributed by atoms with E-state index in [-0.39, 0.29) is 12.1 Å². The Labute approximate surface area is 154 Å². The van der Waals surface area contributed by atoms with Crippen molar-refractivity contribution in [3.8, 4) is 17.2 Å². The largest absolute Gasteiger partial charge is 0.493 e. The quantitative estimate of drug-likeness (QED) is 0.774. The molecule has 0 saturated carbocycles. The first-order valence-electron chi connectivity index (χ1n) is 8.46. The summed E-state index contributed by atoms with van der Waals surface area (Å²) in [6.07, 6.45) is 0.783. The van der Waals surface area contributed by atoms with Gasteiger partial charge in [-0.1, -0.05) is 36.8 Å². The summed E-state index contributed by atoms with van der Waals surface area (Å²) in [5, 5.41) is 5.81. The van der Waals surface area contributed by atoms with Crippen LogP contribution in [-0.2, 0) is 0 Å². The second-order valence-electron chi connectivity index (χ2n) is 5.88. The summed E-state index contributed by atoms with van der Waals surface area (Å²) < 4.78 is 15.9. The Balaban J connectivity index is 2.14. The normalized spacial score (nSPS) is 11.4. The van der Waals surface area contributed by atoms with Crippen molar-refractivity contribution in [3.63, 3.8) is 0 Å². The van der Waals surface area contributed by atoms with Crippen molar-refractivity contribution in [3.05, 3.63) is 47.5 Å². The number of urea groups is 1. The van der Waals surface area contributed by atoms with Gasteiger partial charge in [0.15, 0.2) is 11.5 Å². The molecule has 0 bridgehead atoms. The minimum absolute atomic E-state index is 0.0716. The highest BCUT2D eigenvalue weighted by Crippen LogP contribution is 2.39. The first-order valence-corrected chi connectivity index (χ1v) is 8.46.